The summed E-state index contributed by atoms with van der Waals surface area (Å²) in [5.41, 5.74) is 6.02. The highest BCUT2D eigenvalue weighted by Gasteiger charge is 2.30. The second-order valence-electron chi connectivity index (χ2n) is 4.17. The summed E-state index contributed by atoms with van der Waals surface area (Å²) in [6, 6.07) is 9.65. The Morgan fingerprint density at radius 2 is 1.85 bits per heavy atom. The van der Waals surface area contributed by atoms with Crippen LogP contribution in [0.1, 0.15) is 11.1 Å². The van der Waals surface area contributed by atoms with Gasteiger partial charge in [-0.25, -0.2) is 0 Å². The fourth-order valence-electron chi connectivity index (χ4n) is 1.61. The quantitative estimate of drug-likeness (QED) is 0.846. The molecule has 0 aliphatic rings. The van der Waals surface area contributed by atoms with Gasteiger partial charge in [0.1, 0.15) is 12.4 Å². The minimum absolute atomic E-state index is 0.114. The molecule has 0 bridgehead atoms. The van der Waals surface area contributed by atoms with Crippen LogP contribution in [-0.2, 0) is 12.8 Å². The molecular formula is C14H11ClF3NO. The Kier molecular flexibility index (Phi) is 4.09. The molecule has 0 heterocycles. The molecule has 0 saturated heterocycles. The minimum atomic E-state index is -4.38. The Balaban J connectivity index is 2.09. The van der Waals surface area contributed by atoms with E-state index in [1.54, 1.807) is 18.2 Å². The van der Waals surface area contributed by atoms with Crippen LogP contribution in [0.3, 0.4) is 0 Å². The Morgan fingerprint density at radius 3 is 2.50 bits per heavy atom. The van der Waals surface area contributed by atoms with Crippen molar-refractivity contribution >= 4 is 17.3 Å². The Labute approximate surface area is 118 Å². The molecule has 0 radical (unpaired) electrons. The smallest absolute Gasteiger partial charge is 0.416 e. The van der Waals surface area contributed by atoms with E-state index >= 15 is 0 Å². The van der Waals surface area contributed by atoms with E-state index in [1.807, 2.05) is 0 Å². The van der Waals surface area contributed by atoms with E-state index in [1.165, 1.54) is 12.1 Å². The van der Waals surface area contributed by atoms with Crippen molar-refractivity contribution < 1.29 is 17.9 Å². The fourth-order valence-corrected chi connectivity index (χ4v) is 1.73. The zero-order valence-electron chi connectivity index (χ0n) is 10.2. The van der Waals surface area contributed by atoms with E-state index < -0.39 is 11.7 Å². The van der Waals surface area contributed by atoms with Crippen LogP contribution in [0.4, 0.5) is 18.9 Å². The van der Waals surface area contributed by atoms with Crippen LogP contribution in [-0.4, -0.2) is 0 Å². The van der Waals surface area contributed by atoms with Gasteiger partial charge in [0.2, 0.25) is 0 Å². The van der Waals surface area contributed by atoms with Crippen LogP contribution < -0.4 is 10.5 Å². The van der Waals surface area contributed by atoms with E-state index in [4.69, 9.17) is 22.1 Å². The zero-order chi connectivity index (χ0) is 14.8. The molecule has 0 fully saturated rings. The molecule has 6 heteroatoms. The molecule has 106 valence electrons. The van der Waals surface area contributed by atoms with Crippen molar-refractivity contribution in [2.75, 3.05) is 5.73 Å². The van der Waals surface area contributed by atoms with Gasteiger partial charge in [-0.3, -0.25) is 0 Å². The van der Waals surface area contributed by atoms with E-state index in [-0.39, 0.29) is 12.4 Å². The summed E-state index contributed by atoms with van der Waals surface area (Å²) in [6.45, 7) is 0.114. The van der Waals surface area contributed by atoms with Gasteiger partial charge in [-0.15, -0.1) is 0 Å². The average molecular weight is 302 g/mol. The molecule has 2 nitrogen and oxygen atoms in total. The number of hydrogen-bond acceptors (Lipinski definition) is 2. The number of ether oxygens (including phenoxy) is 1. The van der Waals surface area contributed by atoms with E-state index in [9.17, 15) is 13.2 Å². The maximum absolute atomic E-state index is 12.5. The molecule has 2 N–H and O–H groups in total. The van der Waals surface area contributed by atoms with E-state index in [0.717, 1.165) is 17.7 Å². The van der Waals surface area contributed by atoms with Gasteiger partial charge in [0.15, 0.2) is 0 Å². The average Bonchev–Trinajstić information content (AvgIpc) is 2.39. The van der Waals surface area contributed by atoms with E-state index in [0.29, 0.717) is 10.7 Å². The SMILES string of the molecule is Nc1cc(COc2cccc(C(F)(F)F)c2)ccc1Cl. The molecule has 2 aromatic carbocycles. The number of hydrogen-bond donors (Lipinski definition) is 1. The Morgan fingerprint density at radius 1 is 1.10 bits per heavy atom. The summed E-state index contributed by atoms with van der Waals surface area (Å²) in [6.07, 6.45) is -4.38. The van der Waals surface area contributed by atoms with Gasteiger partial charge in [0.25, 0.3) is 0 Å². The van der Waals surface area contributed by atoms with Crippen molar-refractivity contribution in [2.24, 2.45) is 0 Å². The highest BCUT2D eigenvalue weighted by Crippen LogP contribution is 2.31. The van der Waals surface area contributed by atoms with Crippen LogP contribution in [0.25, 0.3) is 0 Å². The first kappa shape index (κ1) is 14.5. The minimum Gasteiger partial charge on any atom is -0.489 e. The summed E-state index contributed by atoms with van der Waals surface area (Å²) in [5, 5.41) is 0.424. The first-order chi connectivity index (χ1) is 9.36. The molecule has 0 aliphatic carbocycles. The van der Waals surface area contributed by atoms with Crippen molar-refractivity contribution in [1.82, 2.24) is 0 Å². The van der Waals surface area contributed by atoms with Crippen molar-refractivity contribution in [3.05, 3.63) is 58.6 Å². The van der Waals surface area contributed by atoms with Gasteiger partial charge < -0.3 is 10.5 Å². The number of alkyl halides is 3. The summed E-state index contributed by atoms with van der Waals surface area (Å²) < 4.78 is 42.9. The highest BCUT2D eigenvalue weighted by molar-refractivity contribution is 6.33. The molecule has 0 aromatic heterocycles. The third kappa shape index (κ3) is 3.57. The first-order valence-corrected chi connectivity index (χ1v) is 6.08. The van der Waals surface area contributed by atoms with Gasteiger partial charge in [-0.2, -0.15) is 13.2 Å². The topological polar surface area (TPSA) is 35.2 Å². The van der Waals surface area contributed by atoms with Crippen LogP contribution in [0, 0.1) is 0 Å². The van der Waals surface area contributed by atoms with Crippen LogP contribution >= 0.6 is 11.6 Å². The van der Waals surface area contributed by atoms with Crippen molar-refractivity contribution in [1.29, 1.82) is 0 Å². The van der Waals surface area contributed by atoms with Gasteiger partial charge >= 0.3 is 6.18 Å². The first-order valence-electron chi connectivity index (χ1n) is 5.70. The number of nitrogen functional groups attached to an aromatic ring is 1. The standard InChI is InChI=1S/C14H11ClF3NO/c15-12-5-4-9(6-13(12)19)8-20-11-3-1-2-10(7-11)14(16,17)18/h1-7H,8,19H2. The molecule has 0 atom stereocenters. The summed E-state index contributed by atoms with van der Waals surface area (Å²) in [7, 11) is 0. The Hall–Kier alpha value is -1.88. The fraction of sp³-hybridized carbons (Fsp3) is 0.143. The van der Waals surface area contributed by atoms with Gasteiger partial charge in [-0.05, 0) is 35.9 Å². The number of anilines is 1. The molecule has 0 amide bonds. The summed E-state index contributed by atoms with van der Waals surface area (Å²) in [4.78, 5) is 0. The maximum Gasteiger partial charge on any atom is 0.416 e. The predicted octanol–water partition coefficient (Wildman–Crippen LogP) is 4.52. The van der Waals surface area contributed by atoms with E-state index in [2.05, 4.69) is 0 Å². The lowest BCUT2D eigenvalue weighted by molar-refractivity contribution is -0.137. The summed E-state index contributed by atoms with van der Waals surface area (Å²) >= 11 is 5.78. The number of rotatable bonds is 3. The maximum atomic E-state index is 12.5. The lowest BCUT2D eigenvalue weighted by atomic mass is 10.2. The lowest BCUT2D eigenvalue weighted by Gasteiger charge is -2.10. The molecule has 0 unspecified atom stereocenters. The summed E-state index contributed by atoms with van der Waals surface area (Å²) in [5.74, 6) is 0.147. The third-order valence-electron chi connectivity index (χ3n) is 2.63. The largest absolute Gasteiger partial charge is 0.489 e. The van der Waals surface area contributed by atoms with Crippen LogP contribution in [0.5, 0.6) is 5.75 Å². The Bertz CT molecular complexity index is 614. The third-order valence-corrected chi connectivity index (χ3v) is 2.97. The van der Waals surface area contributed by atoms with Gasteiger partial charge in [0.05, 0.1) is 16.3 Å². The van der Waals surface area contributed by atoms with Crippen LogP contribution in [0.15, 0.2) is 42.5 Å². The van der Waals surface area contributed by atoms with Crippen LogP contribution in [0.2, 0.25) is 5.02 Å². The molecule has 0 saturated carbocycles. The van der Waals surface area contributed by atoms with Crippen molar-refractivity contribution in [3.63, 3.8) is 0 Å². The molecular weight excluding hydrogens is 291 g/mol. The number of halogens is 4. The molecule has 2 aromatic rings. The van der Waals surface area contributed by atoms with Gasteiger partial charge in [0, 0.05) is 0 Å². The lowest BCUT2D eigenvalue weighted by Crippen LogP contribution is -2.05. The normalized spacial score (nSPS) is 11.4. The molecule has 0 aliphatic heterocycles. The second-order valence-corrected chi connectivity index (χ2v) is 4.58. The monoisotopic (exact) mass is 301 g/mol. The number of benzene rings is 2. The molecule has 2 rings (SSSR count). The van der Waals surface area contributed by atoms with Crippen molar-refractivity contribution in [3.8, 4) is 5.75 Å². The van der Waals surface area contributed by atoms with Gasteiger partial charge in [-0.1, -0.05) is 23.7 Å². The second kappa shape index (κ2) is 5.63. The predicted molar refractivity (Wildman–Crippen MR) is 71.6 cm³/mol. The molecule has 20 heavy (non-hydrogen) atoms. The zero-order valence-corrected chi connectivity index (χ0v) is 11.0. The highest BCUT2D eigenvalue weighted by atomic mass is 35.5. The number of nitrogens with two attached hydrogens (primary N) is 1. The van der Waals surface area contributed by atoms with Crippen molar-refractivity contribution in [2.45, 2.75) is 12.8 Å². The molecule has 0 spiro atoms.